The van der Waals surface area contributed by atoms with Gasteiger partial charge in [-0.15, -0.1) is 0 Å². The van der Waals surface area contributed by atoms with E-state index in [1.165, 1.54) is 29.2 Å². The Kier molecular flexibility index (Phi) is 3.59. The van der Waals surface area contributed by atoms with Gasteiger partial charge in [0, 0.05) is 5.92 Å². The molecular weight excluding hydrogens is 297 g/mol. The van der Waals surface area contributed by atoms with Gasteiger partial charge in [0.2, 0.25) is 11.8 Å². The van der Waals surface area contributed by atoms with Gasteiger partial charge in [-0.05, 0) is 36.0 Å². The molecule has 0 unspecified atom stereocenters. The molecule has 23 heavy (non-hydrogen) atoms. The zero-order valence-corrected chi connectivity index (χ0v) is 13.7. The lowest BCUT2D eigenvalue weighted by molar-refractivity contribution is -0.169. The van der Waals surface area contributed by atoms with Gasteiger partial charge in [0.15, 0.2) is 0 Å². The molecule has 0 radical (unpaired) electrons. The SMILES string of the molecule is CC1(C)[C@H]2CC[C@]1(C)C(=O)N(C[C@@H](O)c1ccc(F)cc1)C2=O. The summed E-state index contributed by atoms with van der Waals surface area (Å²) in [6.45, 7) is 5.80. The summed E-state index contributed by atoms with van der Waals surface area (Å²) in [4.78, 5) is 26.8. The molecular formula is C18H22FNO3. The van der Waals surface area contributed by atoms with Crippen molar-refractivity contribution >= 4 is 11.8 Å². The first kappa shape index (κ1) is 16.1. The number of hydrogen-bond acceptors (Lipinski definition) is 3. The van der Waals surface area contributed by atoms with E-state index in [2.05, 4.69) is 0 Å². The maximum Gasteiger partial charge on any atom is 0.235 e. The largest absolute Gasteiger partial charge is 0.387 e. The molecule has 5 heteroatoms. The normalized spacial score (nSPS) is 30.7. The number of rotatable bonds is 3. The Balaban J connectivity index is 1.85. The Hall–Kier alpha value is -1.75. The zero-order valence-electron chi connectivity index (χ0n) is 13.7. The third-order valence-corrected chi connectivity index (χ3v) is 6.12. The van der Waals surface area contributed by atoms with Gasteiger partial charge in [-0.1, -0.05) is 32.9 Å². The van der Waals surface area contributed by atoms with Crippen molar-refractivity contribution in [2.75, 3.05) is 6.54 Å². The topological polar surface area (TPSA) is 57.6 Å². The first-order valence-electron chi connectivity index (χ1n) is 7.98. The summed E-state index contributed by atoms with van der Waals surface area (Å²) in [6.07, 6.45) is 0.392. The molecule has 124 valence electrons. The van der Waals surface area contributed by atoms with Crippen LogP contribution in [0.15, 0.2) is 24.3 Å². The first-order valence-corrected chi connectivity index (χ1v) is 7.98. The Morgan fingerprint density at radius 3 is 2.48 bits per heavy atom. The van der Waals surface area contributed by atoms with Crippen LogP contribution in [0.2, 0.25) is 0 Å². The standard InChI is InChI=1S/C18H22FNO3/c1-17(2)13-8-9-18(17,3)16(23)20(15(13)22)10-14(21)11-4-6-12(19)7-5-11/h4-7,13-14,21H,8-10H2,1-3H3/t13-,14+,18+/m0/s1. The minimum Gasteiger partial charge on any atom is -0.387 e. The highest BCUT2D eigenvalue weighted by Gasteiger charge is 2.64. The molecule has 2 fully saturated rings. The van der Waals surface area contributed by atoms with Crippen LogP contribution in [0.4, 0.5) is 4.39 Å². The number of imide groups is 1. The molecule has 4 nitrogen and oxygen atoms in total. The fraction of sp³-hybridized carbons (Fsp3) is 0.556. The van der Waals surface area contributed by atoms with Crippen molar-refractivity contribution in [1.29, 1.82) is 0 Å². The average Bonchev–Trinajstić information content (AvgIpc) is 2.69. The summed E-state index contributed by atoms with van der Waals surface area (Å²) in [5.74, 6) is -0.984. The van der Waals surface area contributed by atoms with E-state index in [1.807, 2.05) is 20.8 Å². The molecule has 1 aliphatic carbocycles. The maximum atomic E-state index is 13.0. The number of aliphatic hydroxyl groups excluding tert-OH is 1. The number of benzene rings is 1. The van der Waals surface area contributed by atoms with Crippen LogP contribution in [0.5, 0.6) is 0 Å². The lowest BCUT2D eigenvalue weighted by Gasteiger charge is -2.48. The summed E-state index contributed by atoms with van der Waals surface area (Å²) in [5, 5.41) is 10.3. The highest BCUT2D eigenvalue weighted by molar-refractivity contribution is 6.03. The van der Waals surface area contributed by atoms with Crippen molar-refractivity contribution in [3.05, 3.63) is 35.6 Å². The van der Waals surface area contributed by atoms with Crippen LogP contribution < -0.4 is 0 Å². The highest BCUT2D eigenvalue weighted by atomic mass is 19.1. The molecule has 1 saturated heterocycles. The molecule has 1 saturated carbocycles. The summed E-state index contributed by atoms with van der Waals surface area (Å²) < 4.78 is 13.0. The summed E-state index contributed by atoms with van der Waals surface area (Å²) >= 11 is 0. The third-order valence-electron chi connectivity index (χ3n) is 6.12. The van der Waals surface area contributed by atoms with Crippen LogP contribution in [-0.2, 0) is 9.59 Å². The molecule has 2 aliphatic rings. The predicted molar refractivity (Wildman–Crippen MR) is 82.7 cm³/mol. The van der Waals surface area contributed by atoms with Crippen molar-refractivity contribution in [2.24, 2.45) is 16.7 Å². The molecule has 2 bridgehead atoms. The van der Waals surface area contributed by atoms with E-state index >= 15 is 0 Å². The summed E-state index contributed by atoms with van der Waals surface area (Å²) in [6, 6.07) is 5.46. The summed E-state index contributed by atoms with van der Waals surface area (Å²) in [7, 11) is 0. The van der Waals surface area contributed by atoms with Crippen molar-refractivity contribution in [2.45, 2.75) is 39.7 Å². The molecule has 0 aromatic heterocycles. The zero-order chi connectivity index (χ0) is 17.0. The van der Waals surface area contributed by atoms with Gasteiger partial charge >= 0.3 is 0 Å². The second-order valence-corrected chi connectivity index (χ2v) is 7.47. The van der Waals surface area contributed by atoms with Crippen LogP contribution in [0.1, 0.15) is 45.3 Å². The van der Waals surface area contributed by atoms with Crippen molar-refractivity contribution in [3.8, 4) is 0 Å². The van der Waals surface area contributed by atoms with E-state index in [-0.39, 0.29) is 29.7 Å². The van der Waals surface area contributed by atoms with Crippen LogP contribution in [0.25, 0.3) is 0 Å². The van der Waals surface area contributed by atoms with E-state index in [0.717, 1.165) is 0 Å². The number of nitrogens with zero attached hydrogens (tertiary/aromatic N) is 1. The lowest BCUT2D eigenvalue weighted by atomic mass is 9.62. The third kappa shape index (κ3) is 2.21. The molecule has 1 N–H and O–H groups in total. The second kappa shape index (κ2) is 5.13. The molecule has 1 aliphatic heterocycles. The molecule has 2 amide bonds. The van der Waals surface area contributed by atoms with Gasteiger partial charge in [-0.3, -0.25) is 14.5 Å². The van der Waals surface area contributed by atoms with E-state index in [4.69, 9.17) is 0 Å². The Labute approximate surface area is 135 Å². The van der Waals surface area contributed by atoms with Crippen LogP contribution >= 0.6 is 0 Å². The van der Waals surface area contributed by atoms with Crippen molar-refractivity contribution < 1.29 is 19.1 Å². The van der Waals surface area contributed by atoms with Crippen LogP contribution in [-0.4, -0.2) is 28.4 Å². The van der Waals surface area contributed by atoms with Gasteiger partial charge in [-0.25, -0.2) is 4.39 Å². The van der Waals surface area contributed by atoms with Crippen LogP contribution in [0, 0.1) is 22.6 Å². The molecule has 3 atom stereocenters. The van der Waals surface area contributed by atoms with E-state index in [0.29, 0.717) is 18.4 Å². The minimum absolute atomic E-state index is 0.0779. The number of β-amino-alcohol motifs (C(OH)–C–C–N with tert-alkyl or cyclic N) is 1. The first-order chi connectivity index (χ1) is 10.7. The monoisotopic (exact) mass is 319 g/mol. The molecule has 0 spiro atoms. The van der Waals surface area contributed by atoms with Gasteiger partial charge in [-0.2, -0.15) is 0 Å². The molecule has 1 aromatic rings. The quantitative estimate of drug-likeness (QED) is 0.872. The molecule has 1 heterocycles. The van der Waals surface area contributed by atoms with Crippen LogP contribution in [0.3, 0.4) is 0 Å². The smallest absolute Gasteiger partial charge is 0.235 e. The van der Waals surface area contributed by atoms with Gasteiger partial charge in [0.05, 0.1) is 18.1 Å². The number of fused-ring (bicyclic) bond motifs is 2. The highest BCUT2D eigenvalue weighted by Crippen LogP contribution is 2.60. The lowest BCUT2D eigenvalue weighted by Crippen LogP contribution is -2.59. The average molecular weight is 319 g/mol. The van der Waals surface area contributed by atoms with Gasteiger partial charge < -0.3 is 5.11 Å². The molecule has 1 aromatic carbocycles. The number of carbonyl (C=O) groups is 2. The fourth-order valence-electron chi connectivity index (χ4n) is 4.04. The number of hydrogen-bond donors (Lipinski definition) is 1. The number of piperidine rings is 1. The number of carbonyl (C=O) groups excluding carboxylic acids is 2. The Morgan fingerprint density at radius 1 is 1.26 bits per heavy atom. The predicted octanol–water partition coefficient (Wildman–Crippen LogP) is 2.67. The molecule has 3 rings (SSSR count). The Morgan fingerprint density at radius 2 is 1.87 bits per heavy atom. The van der Waals surface area contributed by atoms with E-state index in [9.17, 15) is 19.1 Å². The Bertz CT molecular complexity index is 655. The van der Waals surface area contributed by atoms with Crippen molar-refractivity contribution in [3.63, 3.8) is 0 Å². The number of halogens is 1. The maximum absolute atomic E-state index is 13.0. The van der Waals surface area contributed by atoms with E-state index < -0.39 is 17.3 Å². The minimum atomic E-state index is -1.01. The van der Waals surface area contributed by atoms with Gasteiger partial charge in [0.1, 0.15) is 5.82 Å². The summed E-state index contributed by atoms with van der Waals surface area (Å²) in [5.41, 5.74) is -0.443. The second-order valence-electron chi connectivity index (χ2n) is 7.47. The number of likely N-dealkylation sites (tertiary alicyclic amines) is 1. The number of amides is 2. The number of aliphatic hydroxyl groups is 1. The van der Waals surface area contributed by atoms with E-state index in [1.54, 1.807) is 0 Å². The van der Waals surface area contributed by atoms with Gasteiger partial charge in [0.25, 0.3) is 0 Å². The fourth-order valence-corrected chi connectivity index (χ4v) is 4.04. The van der Waals surface area contributed by atoms with Crippen molar-refractivity contribution in [1.82, 2.24) is 4.90 Å².